The zero-order valence-corrected chi connectivity index (χ0v) is 14.5. The molecule has 112 valence electrons. The highest BCUT2D eigenvalue weighted by molar-refractivity contribution is 7.27. The Hall–Kier alpha value is -0.880. The van der Waals surface area contributed by atoms with E-state index in [9.17, 15) is 0 Å². The van der Waals surface area contributed by atoms with E-state index in [0.717, 1.165) is 30.2 Å². The van der Waals surface area contributed by atoms with Gasteiger partial charge in [0, 0.05) is 20.8 Å². The van der Waals surface area contributed by atoms with Gasteiger partial charge in [-0.15, -0.1) is 22.7 Å². The number of fused-ring (bicyclic) bond motifs is 1. The Bertz CT molecular complexity index is 700. The first-order chi connectivity index (χ1) is 10.2. The normalized spacial score (nSPS) is 13.1. The van der Waals surface area contributed by atoms with Crippen LogP contribution in [0.4, 0.5) is 0 Å². The van der Waals surface area contributed by atoms with E-state index in [1.807, 2.05) is 16.0 Å². The number of nitrogens with one attached hydrogen (secondary N) is 1. The number of thiophene rings is 2. The van der Waals surface area contributed by atoms with E-state index in [0.29, 0.717) is 0 Å². The van der Waals surface area contributed by atoms with Gasteiger partial charge in [0.15, 0.2) is 0 Å². The van der Waals surface area contributed by atoms with E-state index in [4.69, 9.17) is 11.6 Å². The van der Waals surface area contributed by atoms with Crippen LogP contribution < -0.4 is 5.32 Å². The fourth-order valence-corrected chi connectivity index (χ4v) is 4.91. The summed E-state index contributed by atoms with van der Waals surface area (Å²) in [6.45, 7) is 6.06. The molecular formula is C15H18ClN3S2. The Balaban J connectivity index is 2.04. The Labute approximate surface area is 137 Å². The summed E-state index contributed by atoms with van der Waals surface area (Å²) in [7, 11) is 0. The van der Waals surface area contributed by atoms with E-state index in [2.05, 4.69) is 41.8 Å². The first-order valence-corrected chi connectivity index (χ1v) is 9.23. The first-order valence-electron chi connectivity index (χ1n) is 7.16. The summed E-state index contributed by atoms with van der Waals surface area (Å²) in [4.78, 5) is 1.31. The van der Waals surface area contributed by atoms with Gasteiger partial charge in [-0.3, -0.25) is 4.68 Å². The van der Waals surface area contributed by atoms with E-state index in [1.165, 1.54) is 14.3 Å². The zero-order chi connectivity index (χ0) is 14.8. The summed E-state index contributed by atoms with van der Waals surface area (Å²) in [5, 5.41) is 10.9. The van der Waals surface area contributed by atoms with E-state index in [1.54, 1.807) is 17.5 Å². The molecule has 3 rings (SSSR count). The predicted octanol–water partition coefficient (Wildman–Crippen LogP) is 4.92. The van der Waals surface area contributed by atoms with Crippen LogP contribution in [0.25, 0.3) is 9.40 Å². The second-order valence-electron chi connectivity index (χ2n) is 4.88. The van der Waals surface area contributed by atoms with Crippen LogP contribution in [-0.4, -0.2) is 16.3 Å². The van der Waals surface area contributed by atoms with Gasteiger partial charge < -0.3 is 5.32 Å². The number of aromatic nitrogens is 2. The molecule has 0 saturated carbocycles. The maximum absolute atomic E-state index is 6.40. The third kappa shape index (κ3) is 2.88. The number of halogens is 1. The SMILES string of the molecule is CCCNC(c1cc2sccc2s1)c1c(Cl)cnn1CC. The Morgan fingerprint density at radius 3 is 2.95 bits per heavy atom. The van der Waals surface area contributed by atoms with Crippen molar-refractivity contribution in [2.45, 2.75) is 32.9 Å². The van der Waals surface area contributed by atoms with Crippen molar-refractivity contribution in [3.8, 4) is 0 Å². The quantitative estimate of drug-likeness (QED) is 0.690. The van der Waals surface area contributed by atoms with Gasteiger partial charge in [-0.2, -0.15) is 5.10 Å². The number of hydrogen-bond donors (Lipinski definition) is 1. The van der Waals surface area contributed by atoms with Crippen LogP contribution >= 0.6 is 34.3 Å². The molecule has 1 N–H and O–H groups in total. The molecule has 0 saturated heterocycles. The van der Waals surface area contributed by atoms with E-state index in [-0.39, 0.29) is 6.04 Å². The molecule has 6 heteroatoms. The van der Waals surface area contributed by atoms with Crippen molar-refractivity contribution < 1.29 is 0 Å². The second-order valence-corrected chi connectivity index (χ2v) is 7.35. The van der Waals surface area contributed by atoms with Gasteiger partial charge in [-0.1, -0.05) is 18.5 Å². The summed E-state index contributed by atoms with van der Waals surface area (Å²) < 4.78 is 4.68. The lowest BCUT2D eigenvalue weighted by atomic mass is 10.1. The molecule has 0 bridgehead atoms. The van der Waals surface area contributed by atoms with Crippen LogP contribution in [0.15, 0.2) is 23.7 Å². The van der Waals surface area contributed by atoms with Crippen LogP contribution in [0.5, 0.6) is 0 Å². The molecule has 1 unspecified atom stereocenters. The maximum Gasteiger partial charge on any atom is 0.0857 e. The number of rotatable bonds is 6. The van der Waals surface area contributed by atoms with Gasteiger partial charge in [0.2, 0.25) is 0 Å². The van der Waals surface area contributed by atoms with Crippen LogP contribution in [0.1, 0.15) is 36.9 Å². The smallest absolute Gasteiger partial charge is 0.0857 e. The standard InChI is InChI=1S/C15H18ClN3S2/c1-3-6-17-14(15-10(16)9-18-19(15)4-2)13-8-12-11(21-13)5-7-20-12/h5,7-9,14,17H,3-4,6H2,1-2H3. The van der Waals surface area contributed by atoms with Crippen molar-refractivity contribution in [2.75, 3.05) is 6.54 Å². The zero-order valence-electron chi connectivity index (χ0n) is 12.1. The highest BCUT2D eigenvalue weighted by Crippen LogP contribution is 2.37. The lowest BCUT2D eigenvalue weighted by Gasteiger charge is -2.19. The summed E-state index contributed by atoms with van der Waals surface area (Å²) in [6.07, 6.45) is 2.84. The predicted molar refractivity (Wildman–Crippen MR) is 92.7 cm³/mol. The fraction of sp³-hybridized carbons (Fsp3) is 0.400. The summed E-state index contributed by atoms with van der Waals surface area (Å²) in [6, 6.07) is 4.58. The highest BCUT2D eigenvalue weighted by atomic mass is 35.5. The molecule has 0 amide bonds. The molecule has 3 aromatic heterocycles. The molecular weight excluding hydrogens is 322 g/mol. The van der Waals surface area contributed by atoms with Gasteiger partial charge >= 0.3 is 0 Å². The fourth-order valence-electron chi connectivity index (χ4n) is 2.46. The molecule has 3 nitrogen and oxygen atoms in total. The minimum Gasteiger partial charge on any atom is -0.304 e. The van der Waals surface area contributed by atoms with E-state index >= 15 is 0 Å². The highest BCUT2D eigenvalue weighted by Gasteiger charge is 2.23. The molecule has 1 atom stereocenters. The van der Waals surface area contributed by atoms with Crippen LogP contribution in [0, 0.1) is 0 Å². The summed E-state index contributed by atoms with van der Waals surface area (Å²) >= 11 is 10.0. The van der Waals surface area contributed by atoms with Crippen molar-refractivity contribution in [1.82, 2.24) is 15.1 Å². The third-order valence-corrected chi connectivity index (χ3v) is 5.90. The van der Waals surface area contributed by atoms with Crippen molar-refractivity contribution in [1.29, 1.82) is 0 Å². The number of hydrogen-bond acceptors (Lipinski definition) is 4. The molecule has 0 aromatic carbocycles. The average Bonchev–Trinajstić information content (AvgIpc) is 3.14. The van der Waals surface area contributed by atoms with Gasteiger partial charge in [-0.05, 0) is 37.4 Å². The first kappa shape index (κ1) is 15.0. The number of nitrogens with zero attached hydrogens (tertiary/aromatic N) is 2. The van der Waals surface area contributed by atoms with Crippen LogP contribution in [0.2, 0.25) is 5.02 Å². The average molecular weight is 340 g/mol. The molecule has 3 heterocycles. The minimum absolute atomic E-state index is 0.115. The molecule has 0 fully saturated rings. The van der Waals surface area contributed by atoms with Crippen molar-refractivity contribution >= 4 is 43.7 Å². The molecule has 0 aliphatic rings. The van der Waals surface area contributed by atoms with Gasteiger partial charge in [0.25, 0.3) is 0 Å². The van der Waals surface area contributed by atoms with Crippen LogP contribution in [-0.2, 0) is 6.54 Å². The molecule has 0 aliphatic carbocycles. The molecule has 3 aromatic rings. The largest absolute Gasteiger partial charge is 0.304 e. The minimum atomic E-state index is 0.115. The molecule has 0 spiro atoms. The topological polar surface area (TPSA) is 29.9 Å². The Morgan fingerprint density at radius 1 is 1.38 bits per heavy atom. The maximum atomic E-state index is 6.40. The van der Waals surface area contributed by atoms with Crippen molar-refractivity contribution in [3.05, 3.63) is 39.3 Å². The summed E-state index contributed by atoms with van der Waals surface area (Å²) in [5.74, 6) is 0. The van der Waals surface area contributed by atoms with Crippen LogP contribution in [0.3, 0.4) is 0 Å². The van der Waals surface area contributed by atoms with Crippen molar-refractivity contribution in [2.24, 2.45) is 0 Å². The molecule has 21 heavy (non-hydrogen) atoms. The van der Waals surface area contributed by atoms with Gasteiger partial charge in [0.1, 0.15) is 0 Å². The second kappa shape index (κ2) is 6.48. The Morgan fingerprint density at radius 2 is 2.24 bits per heavy atom. The number of aryl methyl sites for hydroxylation is 1. The van der Waals surface area contributed by atoms with Gasteiger partial charge in [-0.25, -0.2) is 0 Å². The van der Waals surface area contributed by atoms with E-state index < -0.39 is 0 Å². The van der Waals surface area contributed by atoms with Crippen molar-refractivity contribution in [3.63, 3.8) is 0 Å². The lowest BCUT2D eigenvalue weighted by Crippen LogP contribution is -2.25. The third-order valence-electron chi connectivity index (χ3n) is 3.45. The van der Waals surface area contributed by atoms with Gasteiger partial charge in [0.05, 0.1) is 23.0 Å². The molecule has 0 aliphatic heterocycles. The monoisotopic (exact) mass is 339 g/mol. The Kier molecular flexibility index (Phi) is 4.64. The summed E-state index contributed by atoms with van der Waals surface area (Å²) in [5.41, 5.74) is 1.07. The lowest BCUT2D eigenvalue weighted by molar-refractivity contribution is 0.535. The molecule has 0 radical (unpaired) electrons.